The smallest absolute Gasteiger partial charge is 0.278 e. The van der Waals surface area contributed by atoms with E-state index in [0.29, 0.717) is 17.7 Å². The molecule has 0 saturated carbocycles. The van der Waals surface area contributed by atoms with Crippen LogP contribution in [0.2, 0.25) is 0 Å². The molecule has 0 aliphatic rings. The van der Waals surface area contributed by atoms with E-state index in [4.69, 9.17) is 0 Å². The maximum atomic E-state index is 11.1. The van der Waals surface area contributed by atoms with Gasteiger partial charge in [-0.3, -0.25) is 15.1 Å². The molecule has 5 nitrogen and oxygen atoms in total. The third-order valence-electron chi connectivity index (χ3n) is 3.57. The Morgan fingerprint density at radius 2 is 1.95 bits per heavy atom. The molecule has 0 saturated heterocycles. The van der Waals surface area contributed by atoms with Crippen molar-refractivity contribution >= 4 is 17.0 Å². The van der Waals surface area contributed by atoms with Crippen LogP contribution in [0.4, 0.5) is 5.69 Å². The van der Waals surface area contributed by atoms with E-state index >= 15 is 0 Å². The highest BCUT2D eigenvalue weighted by molar-refractivity contribution is 7.12. The van der Waals surface area contributed by atoms with Crippen molar-refractivity contribution in [2.45, 2.75) is 40.8 Å². The van der Waals surface area contributed by atoms with Crippen LogP contribution in [0.1, 0.15) is 32.1 Å². The van der Waals surface area contributed by atoms with E-state index in [-0.39, 0.29) is 10.6 Å². The van der Waals surface area contributed by atoms with E-state index in [1.165, 1.54) is 15.3 Å². The van der Waals surface area contributed by atoms with E-state index < -0.39 is 0 Å². The molecule has 2 rings (SSSR count). The van der Waals surface area contributed by atoms with Gasteiger partial charge in [-0.1, -0.05) is 0 Å². The number of nitrogens with zero attached hydrogens (tertiary/aromatic N) is 2. The van der Waals surface area contributed by atoms with Crippen molar-refractivity contribution in [2.75, 3.05) is 0 Å². The number of hydrogen-bond donors (Lipinski definition) is 1. The molecule has 0 atom stereocenters. The number of nitro groups is 1. The minimum absolute atomic E-state index is 0.171. The quantitative estimate of drug-likeness (QED) is 0.677. The summed E-state index contributed by atoms with van der Waals surface area (Å²) in [6.45, 7) is 8.97. The maximum absolute atomic E-state index is 11.1. The van der Waals surface area contributed by atoms with Crippen molar-refractivity contribution < 1.29 is 4.92 Å². The maximum Gasteiger partial charge on any atom is 0.278 e. The number of nitrogens with one attached hydrogen (secondary N) is 1. The average molecular weight is 305 g/mol. The standard InChI is InChI=1S/C15H19N3O2S/c1-9-5-13(21-12(9)4)7-16-8-14-11(3)15(18(19)20)10(2)6-17-14/h5-6,16H,7-8H2,1-4H3. The van der Waals surface area contributed by atoms with E-state index in [9.17, 15) is 10.1 Å². The Kier molecular flexibility index (Phi) is 4.69. The second-order valence-corrected chi connectivity index (χ2v) is 6.51. The molecule has 21 heavy (non-hydrogen) atoms. The third kappa shape index (κ3) is 3.46. The highest BCUT2D eigenvalue weighted by Gasteiger charge is 2.18. The van der Waals surface area contributed by atoms with E-state index in [0.717, 1.165) is 12.2 Å². The Labute approximate surface area is 128 Å². The fraction of sp³-hybridized carbons (Fsp3) is 0.400. The molecule has 2 aromatic heterocycles. The molecule has 0 bridgehead atoms. The van der Waals surface area contributed by atoms with Gasteiger partial charge in [0.05, 0.1) is 10.6 Å². The summed E-state index contributed by atoms with van der Waals surface area (Å²) in [7, 11) is 0. The summed E-state index contributed by atoms with van der Waals surface area (Å²) >= 11 is 1.77. The monoisotopic (exact) mass is 305 g/mol. The van der Waals surface area contributed by atoms with Gasteiger partial charge in [0.25, 0.3) is 5.69 Å². The fourth-order valence-electron chi connectivity index (χ4n) is 2.27. The van der Waals surface area contributed by atoms with Gasteiger partial charge in [0, 0.05) is 40.2 Å². The molecule has 0 unspecified atom stereocenters. The number of aryl methyl sites for hydroxylation is 3. The first-order valence-electron chi connectivity index (χ1n) is 6.76. The zero-order chi connectivity index (χ0) is 15.6. The molecule has 0 amide bonds. The van der Waals surface area contributed by atoms with Gasteiger partial charge in [-0.2, -0.15) is 0 Å². The predicted octanol–water partition coefficient (Wildman–Crippen LogP) is 3.57. The number of aromatic nitrogens is 1. The van der Waals surface area contributed by atoms with Crippen LogP contribution in [-0.4, -0.2) is 9.91 Å². The van der Waals surface area contributed by atoms with Gasteiger partial charge in [-0.25, -0.2) is 0 Å². The van der Waals surface area contributed by atoms with Crippen molar-refractivity contribution in [3.8, 4) is 0 Å². The molecule has 1 N–H and O–H groups in total. The largest absolute Gasteiger partial charge is 0.306 e. The van der Waals surface area contributed by atoms with E-state index in [2.05, 4.69) is 30.2 Å². The fourth-order valence-corrected chi connectivity index (χ4v) is 3.29. The summed E-state index contributed by atoms with van der Waals surface area (Å²) in [4.78, 5) is 17.7. The van der Waals surface area contributed by atoms with Gasteiger partial charge >= 0.3 is 0 Å². The second kappa shape index (κ2) is 6.32. The Bertz CT molecular complexity index is 660. The Hall–Kier alpha value is -1.79. The number of pyridine rings is 1. The van der Waals surface area contributed by atoms with E-state index in [1.807, 2.05) is 0 Å². The van der Waals surface area contributed by atoms with Crippen molar-refractivity contribution in [1.82, 2.24) is 10.3 Å². The van der Waals surface area contributed by atoms with Crippen LogP contribution >= 0.6 is 11.3 Å². The highest BCUT2D eigenvalue weighted by atomic mass is 32.1. The SMILES string of the molecule is Cc1cc(CNCc2ncc(C)c([N+](=O)[O-])c2C)sc1C. The molecule has 0 aliphatic carbocycles. The number of rotatable bonds is 5. The normalized spacial score (nSPS) is 10.9. The van der Waals surface area contributed by atoms with Gasteiger partial charge in [-0.05, 0) is 39.3 Å². The number of thiophene rings is 1. The second-order valence-electron chi connectivity index (χ2n) is 5.17. The molecule has 112 valence electrons. The molecule has 0 aromatic carbocycles. The van der Waals surface area contributed by atoms with Gasteiger partial charge in [-0.15, -0.1) is 11.3 Å². The first-order valence-corrected chi connectivity index (χ1v) is 7.58. The van der Waals surface area contributed by atoms with Crippen LogP contribution < -0.4 is 5.32 Å². The molecule has 6 heteroatoms. The summed E-state index contributed by atoms with van der Waals surface area (Å²) < 4.78 is 0. The van der Waals surface area contributed by atoms with Crippen LogP contribution in [-0.2, 0) is 13.1 Å². The lowest BCUT2D eigenvalue weighted by Crippen LogP contribution is -2.15. The van der Waals surface area contributed by atoms with Gasteiger partial charge in [0.1, 0.15) is 0 Å². The summed E-state index contributed by atoms with van der Waals surface area (Å²) in [6.07, 6.45) is 1.57. The van der Waals surface area contributed by atoms with Gasteiger partial charge in [0.2, 0.25) is 0 Å². The van der Waals surface area contributed by atoms with Crippen LogP contribution in [0.15, 0.2) is 12.3 Å². The summed E-state index contributed by atoms with van der Waals surface area (Å²) in [5.74, 6) is 0. The van der Waals surface area contributed by atoms with Crippen LogP contribution in [0.5, 0.6) is 0 Å². The summed E-state index contributed by atoms with van der Waals surface area (Å²) in [5, 5.41) is 14.4. The molecule has 2 aromatic rings. The van der Waals surface area contributed by atoms with Crippen molar-refractivity contribution in [1.29, 1.82) is 0 Å². The average Bonchev–Trinajstić information content (AvgIpc) is 2.71. The Morgan fingerprint density at radius 3 is 2.52 bits per heavy atom. The predicted molar refractivity (Wildman–Crippen MR) is 84.7 cm³/mol. The topological polar surface area (TPSA) is 68.1 Å². The molecule has 0 radical (unpaired) electrons. The van der Waals surface area contributed by atoms with Crippen molar-refractivity contribution in [3.63, 3.8) is 0 Å². The lowest BCUT2D eigenvalue weighted by atomic mass is 10.1. The Balaban J connectivity index is 2.07. The lowest BCUT2D eigenvalue weighted by Gasteiger charge is -2.08. The number of hydrogen-bond acceptors (Lipinski definition) is 5. The minimum Gasteiger partial charge on any atom is -0.306 e. The zero-order valence-electron chi connectivity index (χ0n) is 12.7. The molecule has 0 spiro atoms. The van der Waals surface area contributed by atoms with Crippen LogP contribution in [0, 0.1) is 37.8 Å². The van der Waals surface area contributed by atoms with Gasteiger partial charge < -0.3 is 5.32 Å². The third-order valence-corrected chi connectivity index (χ3v) is 4.72. The van der Waals surface area contributed by atoms with E-state index in [1.54, 1.807) is 31.4 Å². The van der Waals surface area contributed by atoms with Crippen molar-refractivity contribution in [3.05, 3.63) is 54.5 Å². The Morgan fingerprint density at radius 1 is 1.24 bits per heavy atom. The molecular formula is C15H19N3O2S. The summed E-state index contributed by atoms with van der Waals surface area (Å²) in [6, 6.07) is 2.17. The highest BCUT2D eigenvalue weighted by Crippen LogP contribution is 2.24. The molecule has 0 aliphatic heterocycles. The molecular weight excluding hydrogens is 286 g/mol. The van der Waals surface area contributed by atoms with Crippen molar-refractivity contribution in [2.24, 2.45) is 0 Å². The molecule has 0 fully saturated rings. The zero-order valence-corrected chi connectivity index (χ0v) is 13.5. The first-order chi connectivity index (χ1) is 9.90. The first kappa shape index (κ1) is 15.6. The van der Waals surface area contributed by atoms with Gasteiger partial charge in [0.15, 0.2) is 0 Å². The van der Waals surface area contributed by atoms with Crippen LogP contribution in [0.25, 0.3) is 0 Å². The van der Waals surface area contributed by atoms with Crippen LogP contribution in [0.3, 0.4) is 0 Å². The summed E-state index contributed by atoms with van der Waals surface area (Å²) in [5.41, 5.74) is 3.45. The minimum atomic E-state index is -0.332. The lowest BCUT2D eigenvalue weighted by molar-refractivity contribution is -0.386. The molecule has 2 heterocycles.